The van der Waals surface area contributed by atoms with Gasteiger partial charge in [0.2, 0.25) is 0 Å². The van der Waals surface area contributed by atoms with Gasteiger partial charge in [-0.3, -0.25) is 0 Å². The van der Waals surface area contributed by atoms with E-state index in [1.807, 2.05) is 24.3 Å². The van der Waals surface area contributed by atoms with Gasteiger partial charge in [-0.25, -0.2) is 0 Å². The highest BCUT2D eigenvalue weighted by Crippen LogP contribution is 2.38. The third-order valence-corrected chi connectivity index (χ3v) is 5.37. The highest BCUT2D eigenvalue weighted by atomic mass is 16.7. The largest absolute Gasteiger partial charge is 0.348 e. The Morgan fingerprint density at radius 3 is 2.18 bits per heavy atom. The molecule has 0 unspecified atom stereocenters. The third-order valence-electron chi connectivity index (χ3n) is 5.37. The number of benzene rings is 1. The van der Waals surface area contributed by atoms with E-state index in [9.17, 15) is 0 Å². The predicted octanol–water partition coefficient (Wildman–Crippen LogP) is 4.44. The SMILES string of the molecule is CC[C@H]1CC[C@H]([C@H]2CO[C@H](c3ccc(C#N)cc3)OC2)CC1. The summed E-state index contributed by atoms with van der Waals surface area (Å²) in [5.41, 5.74) is 1.68. The Hall–Kier alpha value is -1.37. The van der Waals surface area contributed by atoms with Gasteiger partial charge in [-0.2, -0.15) is 5.26 Å². The zero-order valence-electron chi connectivity index (χ0n) is 13.3. The van der Waals surface area contributed by atoms with Crippen LogP contribution in [0.25, 0.3) is 0 Å². The maximum absolute atomic E-state index is 8.84. The smallest absolute Gasteiger partial charge is 0.183 e. The molecule has 0 radical (unpaired) electrons. The summed E-state index contributed by atoms with van der Waals surface area (Å²) in [5, 5.41) is 8.84. The van der Waals surface area contributed by atoms with Crippen molar-refractivity contribution in [2.75, 3.05) is 13.2 Å². The molecule has 118 valence electrons. The van der Waals surface area contributed by atoms with Crippen LogP contribution in [0.2, 0.25) is 0 Å². The van der Waals surface area contributed by atoms with Crippen molar-refractivity contribution in [3.63, 3.8) is 0 Å². The normalized spacial score (nSPS) is 32.4. The second kappa shape index (κ2) is 7.26. The van der Waals surface area contributed by atoms with Crippen LogP contribution < -0.4 is 0 Å². The lowest BCUT2D eigenvalue weighted by Crippen LogP contribution is -2.34. The fourth-order valence-electron chi connectivity index (χ4n) is 3.77. The summed E-state index contributed by atoms with van der Waals surface area (Å²) in [5.74, 6) is 2.25. The Kier molecular flexibility index (Phi) is 5.12. The molecule has 1 aliphatic heterocycles. The fourth-order valence-corrected chi connectivity index (χ4v) is 3.77. The Bertz CT molecular complexity index is 503. The van der Waals surface area contributed by atoms with Crippen LogP contribution in [0.5, 0.6) is 0 Å². The molecule has 3 nitrogen and oxygen atoms in total. The first kappa shape index (κ1) is 15.5. The van der Waals surface area contributed by atoms with Gasteiger partial charge < -0.3 is 9.47 Å². The number of hydrogen-bond acceptors (Lipinski definition) is 3. The highest BCUT2D eigenvalue weighted by molar-refractivity contribution is 5.32. The van der Waals surface area contributed by atoms with Crippen molar-refractivity contribution >= 4 is 0 Å². The highest BCUT2D eigenvalue weighted by Gasteiger charge is 2.31. The molecule has 0 N–H and O–H groups in total. The molecule has 0 bridgehead atoms. The maximum Gasteiger partial charge on any atom is 0.183 e. The summed E-state index contributed by atoms with van der Waals surface area (Å²) in [6, 6.07) is 9.63. The lowest BCUT2D eigenvalue weighted by Gasteiger charge is -2.37. The molecule has 0 atom stereocenters. The van der Waals surface area contributed by atoms with Crippen molar-refractivity contribution < 1.29 is 9.47 Å². The first-order valence-electron chi connectivity index (χ1n) is 8.53. The number of rotatable bonds is 3. The molecule has 1 saturated carbocycles. The molecule has 2 aliphatic rings. The van der Waals surface area contributed by atoms with Gasteiger partial charge in [0, 0.05) is 11.5 Å². The molecular weight excluding hydrogens is 274 g/mol. The second-order valence-corrected chi connectivity index (χ2v) is 6.68. The number of nitrogens with zero attached hydrogens (tertiary/aromatic N) is 1. The van der Waals surface area contributed by atoms with Crippen molar-refractivity contribution in [2.45, 2.75) is 45.3 Å². The molecule has 0 amide bonds. The quantitative estimate of drug-likeness (QED) is 0.828. The average molecular weight is 299 g/mol. The third kappa shape index (κ3) is 3.51. The van der Waals surface area contributed by atoms with Gasteiger partial charge in [-0.1, -0.05) is 38.3 Å². The van der Waals surface area contributed by atoms with E-state index in [0.717, 1.165) is 30.6 Å². The van der Waals surface area contributed by atoms with E-state index in [-0.39, 0.29) is 6.29 Å². The minimum atomic E-state index is -0.268. The summed E-state index contributed by atoms with van der Waals surface area (Å²) in [6.45, 7) is 3.90. The van der Waals surface area contributed by atoms with Gasteiger partial charge >= 0.3 is 0 Å². The topological polar surface area (TPSA) is 42.2 Å². The van der Waals surface area contributed by atoms with Crippen molar-refractivity contribution in [1.82, 2.24) is 0 Å². The van der Waals surface area contributed by atoms with E-state index in [1.165, 1.54) is 32.1 Å². The molecule has 2 fully saturated rings. The van der Waals surface area contributed by atoms with Crippen LogP contribution in [0.3, 0.4) is 0 Å². The van der Waals surface area contributed by atoms with E-state index in [1.54, 1.807) is 0 Å². The van der Waals surface area contributed by atoms with Crippen LogP contribution in [0.15, 0.2) is 24.3 Å². The van der Waals surface area contributed by atoms with Gasteiger partial charge in [0.15, 0.2) is 6.29 Å². The Morgan fingerprint density at radius 1 is 1.00 bits per heavy atom. The molecule has 1 aromatic rings. The minimum Gasteiger partial charge on any atom is -0.348 e. The number of ether oxygens (including phenoxy) is 2. The zero-order chi connectivity index (χ0) is 15.4. The van der Waals surface area contributed by atoms with E-state index in [4.69, 9.17) is 14.7 Å². The maximum atomic E-state index is 8.84. The van der Waals surface area contributed by atoms with Gasteiger partial charge in [0.25, 0.3) is 0 Å². The van der Waals surface area contributed by atoms with Crippen LogP contribution in [-0.2, 0) is 9.47 Å². The van der Waals surface area contributed by atoms with Gasteiger partial charge in [0.05, 0.1) is 24.8 Å². The molecule has 1 saturated heterocycles. The molecule has 1 heterocycles. The second-order valence-electron chi connectivity index (χ2n) is 6.68. The Morgan fingerprint density at radius 2 is 1.64 bits per heavy atom. The minimum absolute atomic E-state index is 0.268. The summed E-state index contributed by atoms with van der Waals surface area (Å²) >= 11 is 0. The molecule has 0 aromatic heterocycles. The summed E-state index contributed by atoms with van der Waals surface area (Å²) in [6.07, 6.45) is 6.46. The lowest BCUT2D eigenvalue weighted by molar-refractivity contribution is -0.214. The molecule has 3 rings (SSSR count). The van der Waals surface area contributed by atoms with E-state index >= 15 is 0 Å². The van der Waals surface area contributed by atoms with Crippen molar-refractivity contribution in [3.05, 3.63) is 35.4 Å². The first-order chi connectivity index (χ1) is 10.8. The van der Waals surface area contributed by atoms with Crippen LogP contribution in [0.1, 0.15) is 56.4 Å². The lowest BCUT2D eigenvalue weighted by atomic mass is 9.75. The summed E-state index contributed by atoms with van der Waals surface area (Å²) < 4.78 is 11.9. The van der Waals surface area contributed by atoms with E-state index in [0.29, 0.717) is 11.5 Å². The van der Waals surface area contributed by atoms with Crippen molar-refractivity contribution in [3.8, 4) is 6.07 Å². The van der Waals surface area contributed by atoms with Crippen LogP contribution >= 0.6 is 0 Å². The Balaban J connectivity index is 1.51. The molecule has 3 heteroatoms. The number of nitriles is 1. The first-order valence-corrected chi connectivity index (χ1v) is 8.53. The molecular formula is C19H25NO2. The molecule has 0 spiro atoms. The van der Waals surface area contributed by atoms with Crippen LogP contribution in [0.4, 0.5) is 0 Å². The van der Waals surface area contributed by atoms with E-state index < -0.39 is 0 Å². The molecule has 1 aliphatic carbocycles. The zero-order valence-corrected chi connectivity index (χ0v) is 13.3. The van der Waals surface area contributed by atoms with Gasteiger partial charge in [-0.15, -0.1) is 0 Å². The van der Waals surface area contributed by atoms with Gasteiger partial charge in [0.1, 0.15) is 0 Å². The van der Waals surface area contributed by atoms with E-state index in [2.05, 4.69) is 13.0 Å². The number of hydrogen-bond donors (Lipinski definition) is 0. The van der Waals surface area contributed by atoms with Crippen molar-refractivity contribution in [1.29, 1.82) is 5.26 Å². The van der Waals surface area contributed by atoms with Crippen LogP contribution in [0, 0.1) is 29.1 Å². The molecule has 1 aromatic carbocycles. The molecule has 22 heavy (non-hydrogen) atoms. The van der Waals surface area contributed by atoms with Gasteiger partial charge in [-0.05, 0) is 36.8 Å². The predicted molar refractivity (Wildman–Crippen MR) is 85.0 cm³/mol. The summed E-state index contributed by atoms with van der Waals surface area (Å²) in [7, 11) is 0. The monoisotopic (exact) mass is 299 g/mol. The van der Waals surface area contributed by atoms with Crippen molar-refractivity contribution in [2.24, 2.45) is 17.8 Å². The Labute approximate surface area is 133 Å². The van der Waals surface area contributed by atoms with Crippen LogP contribution in [-0.4, -0.2) is 13.2 Å². The average Bonchev–Trinajstić information content (AvgIpc) is 2.62. The summed E-state index contributed by atoms with van der Waals surface area (Å²) in [4.78, 5) is 0. The standard InChI is InChI=1S/C19H25NO2/c1-2-14-3-7-16(8-4-14)18-12-21-19(22-13-18)17-9-5-15(11-20)6-10-17/h5-6,9-10,14,16,18-19H,2-4,7-8,12-13H2,1H3/t14-,16-,18-,19-. The fraction of sp³-hybridized carbons (Fsp3) is 0.632.